The highest BCUT2D eigenvalue weighted by atomic mass is 16.5. The van der Waals surface area contributed by atoms with Gasteiger partial charge < -0.3 is 4.74 Å². The lowest BCUT2D eigenvalue weighted by atomic mass is 9.92. The Morgan fingerprint density at radius 3 is 2.29 bits per heavy atom. The average molecular weight is 228 g/mol. The van der Waals surface area contributed by atoms with Crippen molar-refractivity contribution in [2.24, 2.45) is 0 Å². The van der Waals surface area contributed by atoms with Crippen LogP contribution < -0.4 is 0 Å². The van der Waals surface area contributed by atoms with Crippen LogP contribution in [0.2, 0.25) is 0 Å². The third-order valence-corrected chi connectivity index (χ3v) is 2.97. The van der Waals surface area contributed by atoms with Gasteiger partial charge in [-0.25, -0.2) is 0 Å². The Labute approximate surface area is 103 Å². The van der Waals surface area contributed by atoms with Crippen molar-refractivity contribution in [1.29, 1.82) is 0 Å². The molecule has 0 unspecified atom stereocenters. The van der Waals surface area contributed by atoms with Gasteiger partial charge in [0.05, 0.1) is 11.7 Å². The van der Waals surface area contributed by atoms with E-state index in [9.17, 15) is 0 Å². The lowest BCUT2D eigenvalue weighted by Crippen LogP contribution is -2.25. The fourth-order valence-electron chi connectivity index (χ4n) is 2.40. The minimum Gasteiger partial charge on any atom is -0.368 e. The van der Waals surface area contributed by atoms with Crippen molar-refractivity contribution >= 4 is 10.8 Å². The van der Waals surface area contributed by atoms with E-state index >= 15 is 0 Å². The number of hydrogen-bond donors (Lipinski definition) is 0. The molecule has 0 atom stereocenters. The van der Waals surface area contributed by atoms with Crippen LogP contribution in [-0.4, -0.2) is 6.10 Å². The third-order valence-electron chi connectivity index (χ3n) is 2.97. The summed E-state index contributed by atoms with van der Waals surface area (Å²) in [6, 6.07) is 14.9. The summed E-state index contributed by atoms with van der Waals surface area (Å²) < 4.78 is 6.03. The van der Waals surface area contributed by atoms with E-state index < -0.39 is 0 Å². The maximum absolute atomic E-state index is 6.03. The molecule has 1 nitrogen and oxygen atoms in total. The van der Waals surface area contributed by atoms with Crippen molar-refractivity contribution in [3.8, 4) is 0 Å². The highest BCUT2D eigenvalue weighted by molar-refractivity contribution is 5.86. The Kier molecular flexibility index (Phi) is 3.21. The molecule has 0 aliphatic carbocycles. The standard InChI is InChI=1S/C16H20O/c1-12(2)17-16(3,4)15-11-7-9-13-8-5-6-10-14(13)15/h5-12H,1-4H3. The van der Waals surface area contributed by atoms with Gasteiger partial charge >= 0.3 is 0 Å². The summed E-state index contributed by atoms with van der Waals surface area (Å²) in [6.07, 6.45) is 0.226. The van der Waals surface area contributed by atoms with E-state index in [0.717, 1.165) is 0 Å². The molecule has 0 N–H and O–H groups in total. The Balaban J connectivity index is 2.55. The van der Waals surface area contributed by atoms with Crippen molar-refractivity contribution in [3.63, 3.8) is 0 Å². The van der Waals surface area contributed by atoms with Gasteiger partial charge in [0.25, 0.3) is 0 Å². The predicted octanol–water partition coefficient (Wildman–Crippen LogP) is 4.50. The van der Waals surface area contributed by atoms with Crippen LogP contribution in [0, 0.1) is 0 Å². The molecule has 0 saturated heterocycles. The number of ether oxygens (including phenoxy) is 1. The summed E-state index contributed by atoms with van der Waals surface area (Å²) in [6.45, 7) is 8.42. The van der Waals surface area contributed by atoms with Crippen LogP contribution in [0.5, 0.6) is 0 Å². The summed E-state index contributed by atoms with van der Waals surface area (Å²) in [5.74, 6) is 0. The van der Waals surface area contributed by atoms with Gasteiger partial charge in [0, 0.05) is 0 Å². The molecule has 0 bridgehead atoms. The number of fused-ring (bicyclic) bond motifs is 1. The average Bonchev–Trinajstić information content (AvgIpc) is 2.26. The van der Waals surface area contributed by atoms with Gasteiger partial charge in [-0.05, 0) is 44.0 Å². The quantitative estimate of drug-likeness (QED) is 0.751. The van der Waals surface area contributed by atoms with Gasteiger partial charge in [-0.3, -0.25) is 0 Å². The second-order valence-corrected chi connectivity index (χ2v) is 5.20. The molecule has 90 valence electrons. The van der Waals surface area contributed by atoms with Crippen molar-refractivity contribution < 1.29 is 4.74 Å². The van der Waals surface area contributed by atoms with E-state index in [2.05, 4.69) is 70.2 Å². The third kappa shape index (κ3) is 2.50. The topological polar surface area (TPSA) is 9.23 Å². The molecule has 2 aromatic carbocycles. The molecule has 0 aromatic heterocycles. The molecule has 1 heteroatoms. The molecule has 17 heavy (non-hydrogen) atoms. The summed E-state index contributed by atoms with van der Waals surface area (Å²) >= 11 is 0. The Morgan fingerprint density at radius 1 is 0.941 bits per heavy atom. The monoisotopic (exact) mass is 228 g/mol. The van der Waals surface area contributed by atoms with Gasteiger partial charge in [-0.2, -0.15) is 0 Å². The molecule has 0 heterocycles. The molecule has 0 aliphatic heterocycles. The summed E-state index contributed by atoms with van der Waals surface area (Å²) in [5.41, 5.74) is 0.999. The molecule has 0 fully saturated rings. The molecule has 0 saturated carbocycles. The van der Waals surface area contributed by atoms with Crippen molar-refractivity contribution in [2.45, 2.75) is 39.4 Å². The first kappa shape index (κ1) is 12.1. The number of benzene rings is 2. The summed E-state index contributed by atoms with van der Waals surface area (Å²) in [7, 11) is 0. The fourth-order valence-corrected chi connectivity index (χ4v) is 2.40. The molecule has 2 aromatic rings. The highest BCUT2D eigenvalue weighted by Crippen LogP contribution is 2.32. The first-order chi connectivity index (χ1) is 8.00. The molecular formula is C16H20O. The Morgan fingerprint density at radius 2 is 1.59 bits per heavy atom. The van der Waals surface area contributed by atoms with Crippen LogP contribution in [0.3, 0.4) is 0 Å². The Hall–Kier alpha value is -1.34. The zero-order valence-corrected chi connectivity index (χ0v) is 11.0. The van der Waals surface area contributed by atoms with E-state index in [4.69, 9.17) is 4.74 Å². The molecule has 0 amide bonds. The molecule has 0 aliphatic rings. The van der Waals surface area contributed by atoms with E-state index in [1.807, 2.05) is 0 Å². The molecule has 0 radical (unpaired) electrons. The van der Waals surface area contributed by atoms with Crippen LogP contribution in [0.15, 0.2) is 42.5 Å². The van der Waals surface area contributed by atoms with E-state index in [0.29, 0.717) is 0 Å². The predicted molar refractivity (Wildman–Crippen MR) is 73.2 cm³/mol. The fraction of sp³-hybridized carbons (Fsp3) is 0.375. The first-order valence-electron chi connectivity index (χ1n) is 6.17. The SMILES string of the molecule is CC(C)OC(C)(C)c1cccc2ccccc12. The maximum atomic E-state index is 6.03. The first-order valence-corrected chi connectivity index (χ1v) is 6.17. The van der Waals surface area contributed by atoms with Crippen LogP contribution in [0.4, 0.5) is 0 Å². The zero-order valence-electron chi connectivity index (χ0n) is 11.0. The molecular weight excluding hydrogens is 208 g/mol. The second-order valence-electron chi connectivity index (χ2n) is 5.20. The van der Waals surface area contributed by atoms with Crippen LogP contribution in [-0.2, 0) is 10.3 Å². The minimum absolute atomic E-state index is 0.226. The van der Waals surface area contributed by atoms with Crippen LogP contribution >= 0.6 is 0 Å². The van der Waals surface area contributed by atoms with Gasteiger partial charge in [0.2, 0.25) is 0 Å². The van der Waals surface area contributed by atoms with Crippen molar-refractivity contribution in [3.05, 3.63) is 48.0 Å². The highest BCUT2D eigenvalue weighted by Gasteiger charge is 2.24. The van der Waals surface area contributed by atoms with Gasteiger partial charge in [-0.1, -0.05) is 42.5 Å². The van der Waals surface area contributed by atoms with E-state index in [-0.39, 0.29) is 11.7 Å². The smallest absolute Gasteiger partial charge is 0.0884 e. The Bertz CT molecular complexity index is 506. The van der Waals surface area contributed by atoms with Crippen molar-refractivity contribution in [2.75, 3.05) is 0 Å². The lowest BCUT2D eigenvalue weighted by molar-refractivity contribution is -0.0590. The molecule has 2 rings (SSSR count). The van der Waals surface area contributed by atoms with E-state index in [1.165, 1.54) is 16.3 Å². The minimum atomic E-state index is -0.255. The van der Waals surface area contributed by atoms with Gasteiger partial charge in [-0.15, -0.1) is 0 Å². The summed E-state index contributed by atoms with van der Waals surface area (Å²) in [4.78, 5) is 0. The normalized spacial score (nSPS) is 12.3. The molecule has 0 spiro atoms. The maximum Gasteiger partial charge on any atom is 0.0884 e. The van der Waals surface area contributed by atoms with Crippen molar-refractivity contribution in [1.82, 2.24) is 0 Å². The summed E-state index contributed by atoms with van der Waals surface area (Å²) in [5, 5.41) is 2.55. The van der Waals surface area contributed by atoms with Gasteiger partial charge in [0.15, 0.2) is 0 Å². The van der Waals surface area contributed by atoms with Gasteiger partial charge in [0.1, 0.15) is 0 Å². The number of hydrogen-bond acceptors (Lipinski definition) is 1. The van der Waals surface area contributed by atoms with E-state index in [1.54, 1.807) is 0 Å². The second kappa shape index (κ2) is 4.50. The lowest BCUT2D eigenvalue weighted by Gasteiger charge is -2.29. The van der Waals surface area contributed by atoms with Crippen LogP contribution in [0.1, 0.15) is 33.3 Å². The largest absolute Gasteiger partial charge is 0.368 e. The zero-order chi connectivity index (χ0) is 12.5. The van der Waals surface area contributed by atoms with Crippen LogP contribution in [0.25, 0.3) is 10.8 Å². The number of rotatable bonds is 3.